The fraction of sp³-hybridized carbons (Fsp3) is 1.00. The van der Waals surface area contributed by atoms with Gasteiger partial charge in [-0.15, -0.1) is 9.05 Å². The van der Waals surface area contributed by atoms with E-state index in [9.17, 15) is 4.57 Å². The van der Waals surface area contributed by atoms with Crippen LogP contribution in [0.25, 0.3) is 0 Å². The molecule has 0 rings (SSSR count). The quantitative estimate of drug-likeness (QED) is 0.0450. The van der Waals surface area contributed by atoms with E-state index in [0.29, 0.717) is 13.2 Å². The average molecular weight is 1210 g/mol. The van der Waals surface area contributed by atoms with Crippen molar-refractivity contribution in [2.24, 2.45) is 0 Å². The second-order valence-electron chi connectivity index (χ2n) is 26.0. The van der Waals surface area contributed by atoms with Crippen LogP contribution < -0.4 is 0 Å². The summed E-state index contributed by atoms with van der Waals surface area (Å²) in [5, 5.41) is 0. The molecule has 0 N–H and O–H groups in total. The molecule has 0 bridgehead atoms. The molecule has 4 heteroatoms. The van der Waals surface area contributed by atoms with Gasteiger partial charge in [0.25, 0.3) is 0 Å². The number of hydrogen-bond donors (Lipinski definition) is 0. The van der Waals surface area contributed by atoms with Gasteiger partial charge in [0.2, 0.25) is 0 Å². The Morgan fingerprint density at radius 3 is 0.321 bits per heavy atom. The standard InChI is InChI=1S/C30H62O3P.5C10H22/c1-3-5-7-9-11-13-15-17-19-21-23-25-27-29-32-34(31)33-30-28-26-24-22-20-18-16-14-12-10-8-6-4-2;5*1-3-5-7-9-10-8-6-4-2/h3-30H2,1-2H3;5*3-10H2,1-2H3/q+1;;;;;. The first-order valence-electron chi connectivity index (χ1n) is 40.1. The van der Waals surface area contributed by atoms with Gasteiger partial charge in [-0.3, -0.25) is 0 Å². The highest BCUT2D eigenvalue weighted by Gasteiger charge is 2.19. The first kappa shape index (κ1) is 95.1. The van der Waals surface area contributed by atoms with Crippen molar-refractivity contribution in [2.45, 2.75) is 507 Å². The van der Waals surface area contributed by atoms with Gasteiger partial charge in [0.15, 0.2) is 0 Å². The Labute approximate surface area is 539 Å². The van der Waals surface area contributed by atoms with E-state index in [-0.39, 0.29) is 0 Å². The van der Waals surface area contributed by atoms with Crippen molar-refractivity contribution >= 4 is 8.25 Å². The molecule has 0 atom stereocenters. The Morgan fingerprint density at radius 2 is 0.226 bits per heavy atom. The van der Waals surface area contributed by atoms with Crippen molar-refractivity contribution in [3.63, 3.8) is 0 Å². The summed E-state index contributed by atoms with van der Waals surface area (Å²) in [6.07, 6.45) is 92.1. The van der Waals surface area contributed by atoms with Crippen LogP contribution in [0.1, 0.15) is 507 Å². The zero-order chi connectivity index (χ0) is 63.1. The summed E-state index contributed by atoms with van der Waals surface area (Å²) in [5.41, 5.74) is 0. The van der Waals surface area contributed by atoms with Gasteiger partial charge in [-0.05, 0) is 12.8 Å². The molecule has 3 nitrogen and oxygen atoms in total. The summed E-state index contributed by atoms with van der Waals surface area (Å²) in [6, 6.07) is 0. The van der Waals surface area contributed by atoms with E-state index in [1.54, 1.807) is 0 Å². The lowest BCUT2D eigenvalue weighted by Gasteiger charge is -2.02. The molecule has 0 saturated heterocycles. The van der Waals surface area contributed by atoms with Crippen LogP contribution in [-0.2, 0) is 13.6 Å². The van der Waals surface area contributed by atoms with Crippen molar-refractivity contribution < 1.29 is 13.6 Å². The third-order valence-corrected chi connectivity index (χ3v) is 17.5. The van der Waals surface area contributed by atoms with E-state index in [1.807, 2.05) is 0 Å². The zero-order valence-corrected chi connectivity index (χ0v) is 62.6. The molecule has 0 aromatic heterocycles. The lowest BCUT2D eigenvalue weighted by molar-refractivity contribution is 0.218. The fourth-order valence-electron chi connectivity index (χ4n) is 10.6. The van der Waals surface area contributed by atoms with E-state index in [1.165, 1.54) is 411 Å². The topological polar surface area (TPSA) is 35.5 Å². The third kappa shape index (κ3) is 120. The first-order chi connectivity index (χ1) is 41.4. The molecule has 0 unspecified atom stereocenters. The van der Waals surface area contributed by atoms with Crippen molar-refractivity contribution in [3.8, 4) is 0 Å². The van der Waals surface area contributed by atoms with Crippen molar-refractivity contribution in [1.82, 2.24) is 0 Å². The van der Waals surface area contributed by atoms with Crippen LogP contribution in [-0.4, -0.2) is 13.2 Å². The Hall–Kier alpha value is 0.0200. The maximum atomic E-state index is 11.8. The van der Waals surface area contributed by atoms with Crippen molar-refractivity contribution in [1.29, 1.82) is 0 Å². The summed E-state index contributed by atoms with van der Waals surface area (Å²) in [7, 11) is -1.91. The average Bonchev–Trinajstić information content (AvgIpc) is 3.50. The highest BCUT2D eigenvalue weighted by atomic mass is 31.1. The van der Waals surface area contributed by atoms with Gasteiger partial charge in [-0.25, -0.2) is 0 Å². The number of rotatable bonds is 65. The van der Waals surface area contributed by atoms with E-state index < -0.39 is 8.25 Å². The molecule has 0 aromatic rings. The minimum Gasteiger partial charge on any atom is -0.119 e. The van der Waals surface area contributed by atoms with E-state index >= 15 is 0 Å². The van der Waals surface area contributed by atoms with Gasteiger partial charge in [-0.1, -0.05) is 494 Å². The SMILES string of the molecule is CCCCCCCCCC.CCCCCCCCCC.CCCCCCCCCC.CCCCCCCCCC.CCCCCCCCCC.CCCCCCCCCCCCCCCO[P+](=O)OCCCCCCCCCCCCCCC. The van der Waals surface area contributed by atoms with E-state index in [4.69, 9.17) is 9.05 Å². The van der Waals surface area contributed by atoms with Crippen molar-refractivity contribution in [3.05, 3.63) is 0 Å². The van der Waals surface area contributed by atoms with Crippen LogP contribution in [0, 0.1) is 0 Å². The summed E-state index contributed by atoms with van der Waals surface area (Å²) in [5.74, 6) is 0. The van der Waals surface area contributed by atoms with Gasteiger partial charge < -0.3 is 0 Å². The highest BCUT2D eigenvalue weighted by Crippen LogP contribution is 2.25. The van der Waals surface area contributed by atoms with Crippen LogP contribution in [0.15, 0.2) is 0 Å². The normalized spacial score (nSPS) is 10.7. The molecule has 84 heavy (non-hydrogen) atoms. The van der Waals surface area contributed by atoms with Gasteiger partial charge >= 0.3 is 8.25 Å². The van der Waals surface area contributed by atoms with Gasteiger partial charge in [0.1, 0.15) is 13.2 Å². The summed E-state index contributed by atoms with van der Waals surface area (Å²) >= 11 is 0. The molecular weight excluding hydrogens is 1040 g/mol. The third-order valence-electron chi connectivity index (χ3n) is 16.7. The predicted molar refractivity (Wildman–Crippen MR) is 392 cm³/mol. The summed E-state index contributed by atoms with van der Waals surface area (Å²) < 4.78 is 22.5. The Kier molecular flexibility index (Phi) is 119. The molecule has 0 amide bonds. The minimum atomic E-state index is -1.91. The molecule has 0 heterocycles. The summed E-state index contributed by atoms with van der Waals surface area (Å²) in [6.45, 7) is 28.4. The fourth-order valence-corrected chi connectivity index (χ4v) is 11.2. The Morgan fingerprint density at radius 1 is 0.143 bits per heavy atom. The van der Waals surface area contributed by atoms with Crippen LogP contribution in [0.5, 0.6) is 0 Å². The van der Waals surface area contributed by atoms with Gasteiger partial charge in [0, 0.05) is 4.57 Å². The number of hydrogen-bond acceptors (Lipinski definition) is 3. The monoisotopic (exact) mass is 1210 g/mol. The predicted octanol–water partition coefficient (Wildman–Crippen LogP) is 32.6. The van der Waals surface area contributed by atoms with Crippen LogP contribution in [0.3, 0.4) is 0 Å². The Balaban J connectivity index is -0.000000247. The molecule has 0 saturated carbocycles. The maximum absolute atomic E-state index is 11.8. The van der Waals surface area contributed by atoms with Gasteiger partial charge in [0.05, 0.1) is 0 Å². The summed E-state index contributed by atoms with van der Waals surface area (Å²) in [4.78, 5) is 0. The lowest BCUT2D eigenvalue weighted by atomic mass is 10.0. The smallest absolute Gasteiger partial charge is 0.119 e. The molecule has 0 radical (unpaired) electrons. The molecule has 0 aromatic carbocycles. The maximum Gasteiger partial charge on any atom is 0.697 e. The lowest BCUT2D eigenvalue weighted by Crippen LogP contribution is -1.92. The zero-order valence-electron chi connectivity index (χ0n) is 61.8. The molecule has 0 spiro atoms. The minimum absolute atomic E-state index is 0.575. The van der Waals surface area contributed by atoms with Crippen LogP contribution in [0.4, 0.5) is 0 Å². The van der Waals surface area contributed by atoms with Crippen molar-refractivity contribution in [2.75, 3.05) is 13.2 Å². The van der Waals surface area contributed by atoms with Crippen LogP contribution >= 0.6 is 8.25 Å². The van der Waals surface area contributed by atoms with E-state index in [0.717, 1.165) is 12.8 Å². The van der Waals surface area contributed by atoms with Crippen LogP contribution in [0.2, 0.25) is 0 Å². The largest absolute Gasteiger partial charge is 0.697 e. The molecule has 0 aliphatic carbocycles. The molecule has 0 aliphatic rings. The molecule has 0 fully saturated rings. The molecular formula is C80H172O3P+. The number of unbranched alkanes of at least 4 members (excludes halogenated alkanes) is 59. The molecule has 514 valence electrons. The first-order valence-corrected chi connectivity index (χ1v) is 41.2. The van der Waals surface area contributed by atoms with Gasteiger partial charge in [-0.2, -0.15) is 0 Å². The molecule has 0 aliphatic heterocycles. The Bertz CT molecular complexity index is 805. The second-order valence-corrected chi connectivity index (χ2v) is 26.9. The highest BCUT2D eigenvalue weighted by molar-refractivity contribution is 7.33. The van der Waals surface area contributed by atoms with E-state index in [2.05, 4.69) is 83.1 Å². The second kappa shape index (κ2) is 105.